The van der Waals surface area contributed by atoms with Crippen LogP contribution >= 0.6 is 0 Å². The second kappa shape index (κ2) is 3.16. The molecule has 0 spiro atoms. The van der Waals surface area contributed by atoms with Gasteiger partial charge in [0.05, 0.1) is 5.69 Å². The molecule has 1 aromatic rings. The molecular weight excluding hydrogens is 142 g/mol. The van der Waals surface area contributed by atoms with Crippen molar-refractivity contribution in [2.75, 3.05) is 12.3 Å². The van der Waals surface area contributed by atoms with Crippen molar-refractivity contribution in [3.63, 3.8) is 0 Å². The summed E-state index contributed by atoms with van der Waals surface area (Å²) >= 11 is 0. The van der Waals surface area contributed by atoms with Crippen molar-refractivity contribution < 1.29 is 9.90 Å². The van der Waals surface area contributed by atoms with Gasteiger partial charge in [0.25, 0.3) is 0 Å². The predicted octanol–water partition coefficient (Wildman–Crippen LogP) is 0.244. The summed E-state index contributed by atoms with van der Waals surface area (Å²) in [7, 11) is 0. The van der Waals surface area contributed by atoms with Gasteiger partial charge in [-0.1, -0.05) is 12.1 Å². The fraction of sp³-hybridized carbons (Fsp3) is 0.125. The first-order valence-corrected chi connectivity index (χ1v) is 3.16. The zero-order valence-corrected chi connectivity index (χ0v) is 5.87. The van der Waals surface area contributed by atoms with E-state index in [1.807, 2.05) is 0 Å². The smallest absolute Gasteiger partial charge is 0.190 e. The Bertz CT molecular complexity index is 271. The number of aliphatic hydroxyl groups is 1. The molecule has 11 heavy (non-hydrogen) atoms. The fourth-order valence-corrected chi connectivity index (χ4v) is 0.778. The minimum atomic E-state index is -0.512. The van der Waals surface area contributed by atoms with Gasteiger partial charge >= 0.3 is 0 Å². The largest absolute Gasteiger partial charge is 0.398 e. The van der Waals surface area contributed by atoms with Gasteiger partial charge in [-0.3, -0.25) is 4.79 Å². The number of hydrogen-bond donors (Lipinski definition) is 2. The Morgan fingerprint density at radius 2 is 2.45 bits per heavy atom. The van der Waals surface area contributed by atoms with Crippen LogP contribution in [0.15, 0.2) is 18.2 Å². The minimum absolute atomic E-state index is 0.284. The van der Waals surface area contributed by atoms with E-state index in [0.717, 1.165) is 0 Å². The predicted molar refractivity (Wildman–Crippen MR) is 41.1 cm³/mol. The van der Waals surface area contributed by atoms with Gasteiger partial charge in [0.1, 0.15) is 6.61 Å². The lowest BCUT2D eigenvalue weighted by molar-refractivity contribution is 0.0904. The summed E-state index contributed by atoms with van der Waals surface area (Å²) in [4.78, 5) is 10.9. The Labute approximate surface area is 64.5 Å². The van der Waals surface area contributed by atoms with Crippen LogP contribution in [0.1, 0.15) is 10.4 Å². The molecular formula is C8H8NO2. The molecule has 0 aromatic heterocycles. The number of benzene rings is 1. The number of nitrogen functional groups attached to an aromatic ring is 1. The van der Waals surface area contributed by atoms with E-state index in [2.05, 4.69) is 6.07 Å². The van der Waals surface area contributed by atoms with Gasteiger partial charge in [-0.2, -0.15) is 0 Å². The monoisotopic (exact) mass is 150 g/mol. The van der Waals surface area contributed by atoms with Crippen molar-refractivity contribution in [3.8, 4) is 0 Å². The van der Waals surface area contributed by atoms with E-state index in [-0.39, 0.29) is 11.5 Å². The first-order chi connectivity index (χ1) is 5.25. The van der Waals surface area contributed by atoms with Crippen molar-refractivity contribution in [1.82, 2.24) is 0 Å². The molecule has 3 nitrogen and oxygen atoms in total. The van der Waals surface area contributed by atoms with Gasteiger partial charge in [0.2, 0.25) is 0 Å². The quantitative estimate of drug-likeness (QED) is 0.469. The van der Waals surface area contributed by atoms with Gasteiger partial charge in [-0.05, 0) is 6.07 Å². The van der Waals surface area contributed by atoms with Crippen LogP contribution in [0.4, 0.5) is 5.69 Å². The molecule has 0 heterocycles. The number of carbonyl (C=O) groups is 1. The maximum Gasteiger partial charge on any atom is 0.190 e. The van der Waals surface area contributed by atoms with Gasteiger partial charge in [-0.25, -0.2) is 0 Å². The summed E-state index contributed by atoms with van der Waals surface area (Å²) in [5.74, 6) is -0.376. The Morgan fingerprint density at radius 1 is 1.73 bits per heavy atom. The molecule has 0 atom stereocenters. The number of hydrogen-bond acceptors (Lipinski definition) is 3. The maximum atomic E-state index is 10.9. The molecule has 0 saturated heterocycles. The second-order valence-corrected chi connectivity index (χ2v) is 2.08. The Balaban J connectivity index is 3.03. The zero-order valence-electron chi connectivity index (χ0n) is 5.87. The highest BCUT2D eigenvalue weighted by molar-refractivity contribution is 6.01. The number of ketones is 1. The van der Waals surface area contributed by atoms with Gasteiger partial charge in [0, 0.05) is 11.6 Å². The lowest BCUT2D eigenvalue weighted by Crippen LogP contribution is -2.07. The summed E-state index contributed by atoms with van der Waals surface area (Å²) in [5, 5.41) is 8.49. The van der Waals surface area contributed by atoms with E-state index in [0.29, 0.717) is 5.56 Å². The van der Waals surface area contributed by atoms with Crippen molar-refractivity contribution in [1.29, 1.82) is 0 Å². The number of rotatable bonds is 2. The highest BCUT2D eigenvalue weighted by Gasteiger charge is 2.05. The Morgan fingerprint density at radius 3 is 3.00 bits per heavy atom. The van der Waals surface area contributed by atoms with Crippen LogP contribution in [0.5, 0.6) is 0 Å². The number of carbonyl (C=O) groups excluding carboxylic acids is 1. The Kier molecular flexibility index (Phi) is 2.23. The van der Waals surface area contributed by atoms with Gasteiger partial charge in [-0.15, -0.1) is 0 Å². The summed E-state index contributed by atoms with van der Waals surface area (Å²) in [6, 6.07) is 7.49. The lowest BCUT2D eigenvalue weighted by Gasteiger charge is -1.99. The first kappa shape index (κ1) is 7.75. The molecule has 0 aliphatic rings. The molecule has 57 valence electrons. The molecule has 1 rings (SSSR count). The molecule has 1 radical (unpaired) electrons. The van der Waals surface area contributed by atoms with Crippen molar-refractivity contribution in [2.24, 2.45) is 0 Å². The lowest BCUT2D eigenvalue weighted by atomic mass is 10.1. The van der Waals surface area contributed by atoms with E-state index in [9.17, 15) is 4.79 Å². The summed E-state index contributed by atoms with van der Waals surface area (Å²) in [6.45, 7) is -0.512. The minimum Gasteiger partial charge on any atom is -0.398 e. The fourth-order valence-electron chi connectivity index (χ4n) is 0.778. The molecule has 0 fully saturated rings. The molecule has 3 heteroatoms. The van der Waals surface area contributed by atoms with E-state index in [1.54, 1.807) is 18.2 Å². The topological polar surface area (TPSA) is 63.3 Å². The molecule has 0 unspecified atom stereocenters. The Hall–Kier alpha value is -1.35. The van der Waals surface area contributed by atoms with Crippen molar-refractivity contribution >= 4 is 11.5 Å². The van der Waals surface area contributed by atoms with Gasteiger partial charge < -0.3 is 10.8 Å². The molecule has 0 aliphatic heterocycles. The van der Waals surface area contributed by atoms with Crippen LogP contribution in [0.25, 0.3) is 0 Å². The van der Waals surface area contributed by atoms with Crippen LogP contribution in [0.2, 0.25) is 0 Å². The third kappa shape index (κ3) is 1.56. The highest BCUT2D eigenvalue weighted by atomic mass is 16.3. The number of Topliss-reactive ketones (excluding diaryl/α,β-unsaturated/α-hetero) is 1. The van der Waals surface area contributed by atoms with Crippen LogP contribution in [-0.4, -0.2) is 17.5 Å². The van der Waals surface area contributed by atoms with Crippen molar-refractivity contribution in [2.45, 2.75) is 0 Å². The summed E-state index contributed by atoms with van der Waals surface area (Å²) in [5.41, 5.74) is 6.02. The van der Waals surface area contributed by atoms with Crippen LogP contribution in [0, 0.1) is 6.07 Å². The first-order valence-electron chi connectivity index (χ1n) is 3.16. The highest BCUT2D eigenvalue weighted by Crippen LogP contribution is 2.09. The van der Waals surface area contributed by atoms with E-state index in [4.69, 9.17) is 10.8 Å². The number of anilines is 1. The molecule has 0 amide bonds. The van der Waals surface area contributed by atoms with E-state index >= 15 is 0 Å². The summed E-state index contributed by atoms with van der Waals surface area (Å²) < 4.78 is 0. The number of aliphatic hydroxyl groups excluding tert-OH is 1. The maximum absolute atomic E-state index is 10.9. The zero-order chi connectivity index (χ0) is 8.27. The summed E-state index contributed by atoms with van der Waals surface area (Å²) in [6.07, 6.45) is 0. The SMILES string of the molecule is Nc1[c]cccc1C(=O)CO. The molecule has 0 bridgehead atoms. The normalized spacial score (nSPS) is 9.55. The van der Waals surface area contributed by atoms with Gasteiger partial charge in [0.15, 0.2) is 5.78 Å². The third-order valence-corrected chi connectivity index (χ3v) is 1.33. The molecule has 1 aromatic carbocycles. The molecule has 0 aliphatic carbocycles. The van der Waals surface area contributed by atoms with Crippen LogP contribution in [-0.2, 0) is 0 Å². The number of nitrogens with two attached hydrogens (primary N) is 1. The van der Waals surface area contributed by atoms with Crippen LogP contribution < -0.4 is 5.73 Å². The molecule has 3 N–H and O–H groups in total. The standard InChI is InChI=1S/C8H8NO2/c9-7-4-2-1-3-6(7)8(11)5-10/h1-3,10H,5,9H2. The molecule has 0 saturated carbocycles. The average Bonchev–Trinajstić information content (AvgIpc) is 2.04. The van der Waals surface area contributed by atoms with E-state index < -0.39 is 6.61 Å². The van der Waals surface area contributed by atoms with Crippen LogP contribution in [0.3, 0.4) is 0 Å². The van der Waals surface area contributed by atoms with Crippen molar-refractivity contribution in [3.05, 3.63) is 29.8 Å². The number of para-hydroxylation sites is 1. The third-order valence-electron chi connectivity index (χ3n) is 1.33. The van der Waals surface area contributed by atoms with E-state index in [1.165, 1.54) is 0 Å². The average molecular weight is 150 g/mol. The second-order valence-electron chi connectivity index (χ2n) is 2.08.